The molecule has 1 aliphatic heterocycles. The van der Waals surface area contributed by atoms with E-state index in [-0.39, 0.29) is 29.1 Å². The fourth-order valence-corrected chi connectivity index (χ4v) is 4.13. The molecule has 194 valence electrons. The molecule has 1 fully saturated rings. The lowest BCUT2D eigenvalue weighted by atomic mass is 9.97. The van der Waals surface area contributed by atoms with Gasteiger partial charge in [0.1, 0.15) is 12.0 Å². The van der Waals surface area contributed by atoms with E-state index >= 15 is 4.39 Å². The van der Waals surface area contributed by atoms with Crippen LogP contribution in [0.4, 0.5) is 10.1 Å². The van der Waals surface area contributed by atoms with Crippen molar-refractivity contribution in [2.24, 2.45) is 0 Å². The van der Waals surface area contributed by atoms with Crippen molar-refractivity contribution in [3.05, 3.63) is 53.8 Å². The van der Waals surface area contributed by atoms with E-state index in [0.717, 1.165) is 18.8 Å². The maximum Gasteiger partial charge on any atom is 0.292 e. The number of carbonyl (C=O) groups excluding carboxylic acids is 1. The van der Waals surface area contributed by atoms with Gasteiger partial charge in [0, 0.05) is 36.2 Å². The molecule has 0 spiro atoms. The van der Waals surface area contributed by atoms with Crippen molar-refractivity contribution >= 4 is 17.1 Å². The van der Waals surface area contributed by atoms with Crippen molar-refractivity contribution in [2.45, 2.75) is 32.7 Å². The monoisotopic (exact) mass is 509 g/mol. The molecule has 37 heavy (non-hydrogen) atoms. The zero-order valence-electron chi connectivity index (χ0n) is 21.1. The average molecular weight is 510 g/mol. The summed E-state index contributed by atoms with van der Waals surface area (Å²) >= 11 is 0. The van der Waals surface area contributed by atoms with E-state index in [1.807, 2.05) is 33.0 Å². The number of hydrogen-bond acceptors (Lipinski definition) is 9. The summed E-state index contributed by atoms with van der Waals surface area (Å²) in [5, 5.41) is 10.7. The second-order valence-corrected chi connectivity index (χ2v) is 9.71. The van der Waals surface area contributed by atoms with Gasteiger partial charge in [-0.1, -0.05) is 32.0 Å². The third kappa shape index (κ3) is 4.84. The summed E-state index contributed by atoms with van der Waals surface area (Å²) < 4.78 is 33.4. The standard InChI is InChI=1S/C25H28FN7O4/c1-25(2,3)24-30-22(31-37-24)23(34)27-12-15-5-6-17(19(26)21(15)35-4)20-18-11-16(13-33(18)29-14-28-20)32-7-9-36-10-8-32/h5-6,11,13-14H,7-10,12H2,1-4H3,(H,27,34). The van der Waals surface area contributed by atoms with Crippen LogP contribution >= 0.6 is 0 Å². The largest absolute Gasteiger partial charge is 0.493 e. The fourth-order valence-electron chi connectivity index (χ4n) is 4.13. The molecule has 0 atom stereocenters. The quantitative estimate of drug-likeness (QED) is 0.418. The Balaban J connectivity index is 1.40. The molecular weight excluding hydrogens is 481 g/mol. The first-order valence-electron chi connectivity index (χ1n) is 11.9. The SMILES string of the molecule is COc1c(CNC(=O)c2noc(C(C)(C)C)n2)ccc(-c2ncnn3cc(N4CCOCC4)cc23)c1F. The van der Waals surface area contributed by atoms with E-state index in [1.165, 1.54) is 13.4 Å². The predicted molar refractivity (Wildman–Crippen MR) is 132 cm³/mol. The number of anilines is 1. The van der Waals surface area contributed by atoms with Crippen molar-refractivity contribution in [1.29, 1.82) is 0 Å². The van der Waals surface area contributed by atoms with Crippen LogP contribution in [0.2, 0.25) is 0 Å². The van der Waals surface area contributed by atoms with E-state index in [1.54, 1.807) is 16.6 Å². The smallest absolute Gasteiger partial charge is 0.292 e. The summed E-state index contributed by atoms with van der Waals surface area (Å²) in [4.78, 5) is 23.3. The second-order valence-electron chi connectivity index (χ2n) is 9.71. The number of ether oxygens (including phenoxy) is 2. The Morgan fingerprint density at radius 1 is 1.24 bits per heavy atom. The number of amides is 1. The van der Waals surface area contributed by atoms with Crippen molar-refractivity contribution in [2.75, 3.05) is 38.3 Å². The number of benzene rings is 1. The minimum Gasteiger partial charge on any atom is -0.493 e. The van der Waals surface area contributed by atoms with Gasteiger partial charge in [0.2, 0.25) is 5.89 Å². The van der Waals surface area contributed by atoms with Crippen LogP contribution in [0.1, 0.15) is 42.8 Å². The molecule has 0 aliphatic carbocycles. The summed E-state index contributed by atoms with van der Waals surface area (Å²) in [6.45, 7) is 8.55. The highest BCUT2D eigenvalue weighted by atomic mass is 19.1. The molecule has 5 rings (SSSR count). The number of carbonyl (C=O) groups is 1. The molecule has 0 bridgehead atoms. The maximum atomic E-state index is 15.7. The molecule has 3 aromatic heterocycles. The Labute approximate surface area is 212 Å². The van der Waals surface area contributed by atoms with Gasteiger partial charge < -0.3 is 24.2 Å². The van der Waals surface area contributed by atoms with Crippen LogP contribution in [0.15, 0.2) is 35.2 Å². The zero-order valence-corrected chi connectivity index (χ0v) is 21.1. The van der Waals surface area contributed by atoms with E-state index in [0.29, 0.717) is 35.9 Å². The highest BCUT2D eigenvalue weighted by Crippen LogP contribution is 2.34. The first kappa shape index (κ1) is 24.6. The average Bonchev–Trinajstić information content (AvgIpc) is 3.56. The predicted octanol–water partition coefficient (Wildman–Crippen LogP) is 2.99. The molecule has 1 aliphatic rings. The van der Waals surface area contributed by atoms with E-state index in [9.17, 15) is 4.79 Å². The van der Waals surface area contributed by atoms with Gasteiger partial charge in [0.25, 0.3) is 11.7 Å². The molecule has 1 saturated heterocycles. The minimum absolute atomic E-state index is 0.00406. The summed E-state index contributed by atoms with van der Waals surface area (Å²) in [5.41, 5.74) is 2.39. The second kappa shape index (κ2) is 9.77. The highest BCUT2D eigenvalue weighted by Gasteiger charge is 2.25. The van der Waals surface area contributed by atoms with E-state index in [2.05, 4.69) is 30.4 Å². The molecule has 0 saturated carbocycles. The Kier molecular flexibility index (Phi) is 6.50. The number of morpholine rings is 1. The topological polar surface area (TPSA) is 120 Å². The number of hydrogen-bond donors (Lipinski definition) is 1. The van der Waals surface area contributed by atoms with Crippen LogP contribution in [0.5, 0.6) is 5.75 Å². The van der Waals surface area contributed by atoms with Crippen molar-refractivity contribution in [3.8, 4) is 17.0 Å². The molecule has 4 heterocycles. The fraction of sp³-hybridized carbons (Fsp3) is 0.400. The number of fused-ring (bicyclic) bond motifs is 1. The summed E-state index contributed by atoms with van der Waals surface area (Å²) in [6.07, 6.45) is 3.29. The number of nitrogens with one attached hydrogen (secondary N) is 1. The van der Waals surface area contributed by atoms with Crippen LogP contribution in [-0.4, -0.2) is 64.1 Å². The molecule has 1 amide bonds. The number of rotatable bonds is 6. The maximum absolute atomic E-state index is 15.7. The molecule has 0 unspecified atom stereocenters. The van der Waals surface area contributed by atoms with Crippen molar-refractivity contribution in [1.82, 2.24) is 30.1 Å². The number of halogens is 1. The Morgan fingerprint density at radius 3 is 2.73 bits per heavy atom. The lowest BCUT2D eigenvalue weighted by Crippen LogP contribution is -2.35. The Morgan fingerprint density at radius 2 is 2.03 bits per heavy atom. The van der Waals surface area contributed by atoms with Gasteiger partial charge in [-0.3, -0.25) is 4.79 Å². The minimum atomic E-state index is -0.585. The Hall–Kier alpha value is -4.06. The molecule has 1 aromatic carbocycles. The summed E-state index contributed by atoms with van der Waals surface area (Å²) in [6, 6.07) is 5.26. The number of nitrogens with zero attached hydrogens (tertiary/aromatic N) is 6. The highest BCUT2D eigenvalue weighted by molar-refractivity contribution is 5.90. The van der Waals surface area contributed by atoms with Gasteiger partial charge >= 0.3 is 0 Å². The van der Waals surface area contributed by atoms with Crippen molar-refractivity contribution < 1.29 is 23.2 Å². The third-order valence-electron chi connectivity index (χ3n) is 6.12. The normalized spacial score (nSPS) is 14.2. The molecular formula is C25H28FN7O4. The molecule has 0 radical (unpaired) electrons. The van der Waals surface area contributed by atoms with Gasteiger partial charge in [0.15, 0.2) is 11.6 Å². The third-order valence-corrected chi connectivity index (χ3v) is 6.12. The number of methoxy groups -OCH3 is 1. The lowest BCUT2D eigenvalue weighted by molar-refractivity contribution is 0.0937. The molecule has 1 N–H and O–H groups in total. The van der Waals surface area contributed by atoms with Crippen LogP contribution in [0.25, 0.3) is 16.8 Å². The van der Waals surface area contributed by atoms with Gasteiger partial charge in [-0.15, -0.1) is 0 Å². The summed E-state index contributed by atoms with van der Waals surface area (Å²) in [5.74, 6) is -0.846. The van der Waals surface area contributed by atoms with E-state index in [4.69, 9.17) is 14.0 Å². The van der Waals surface area contributed by atoms with Gasteiger partial charge in [-0.25, -0.2) is 13.9 Å². The lowest BCUT2D eigenvalue weighted by Gasteiger charge is -2.27. The van der Waals surface area contributed by atoms with Crippen LogP contribution in [0, 0.1) is 5.82 Å². The molecule has 4 aromatic rings. The van der Waals surface area contributed by atoms with Crippen LogP contribution < -0.4 is 15.0 Å². The summed E-state index contributed by atoms with van der Waals surface area (Å²) in [7, 11) is 1.38. The zero-order chi connectivity index (χ0) is 26.2. The van der Waals surface area contributed by atoms with Gasteiger partial charge in [-0.2, -0.15) is 10.1 Å². The molecule has 11 nitrogen and oxygen atoms in total. The molecule has 12 heteroatoms. The van der Waals surface area contributed by atoms with Gasteiger partial charge in [-0.05, 0) is 12.1 Å². The number of aromatic nitrogens is 5. The van der Waals surface area contributed by atoms with Gasteiger partial charge in [0.05, 0.1) is 37.7 Å². The van der Waals surface area contributed by atoms with Crippen molar-refractivity contribution in [3.63, 3.8) is 0 Å². The first-order valence-corrected chi connectivity index (χ1v) is 11.9. The first-order chi connectivity index (χ1) is 17.8. The van der Waals surface area contributed by atoms with Crippen LogP contribution in [-0.2, 0) is 16.7 Å². The van der Waals surface area contributed by atoms with E-state index < -0.39 is 11.7 Å². The Bertz CT molecular complexity index is 1440. The van der Waals surface area contributed by atoms with Crippen LogP contribution in [0.3, 0.4) is 0 Å².